The molecule has 1 heteroatoms. The van der Waals surface area contributed by atoms with Crippen molar-refractivity contribution in [3.8, 4) is 0 Å². The van der Waals surface area contributed by atoms with Crippen molar-refractivity contribution in [3.63, 3.8) is 0 Å². The van der Waals surface area contributed by atoms with Gasteiger partial charge in [0.15, 0.2) is 0 Å². The van der Waals surface area contributed by atoms with E-state index in [1.165, 1.54) is 64.5 Å². The highest BCUT2D eigenvalue weighted by molar-refractivity contribution is 4.89. The molecule has 0 aliphatic heterocycles. The molecule has 0 spiro atoms. The summed E-state index contributed by atoms with van der Waals surface area (Å²) >= 11 is 0. The molecule has 0 aromatic carbocycles. The van der Waals surface area contributed by atoms with Crippen LogP contribution < -0.4 is 0 Å². The van der Waals surface area contributed by atoms with Crippen molar-refractivity contribution in [1.29, 1.82) is 0 Å². The summed E-state index contributed by atoms with van der Waals surface area (Å²) in [5.74, 6) is 1.86. The largest absolute Gasteiger partial charge is 0.307 e. The molecule has 2 unspecified atom stereocenters. The molecule has 0 bridgehead atoms. The lowest BCUT2D eigenvalue weighted by atomic mass is 9.61. The summed E-state index contributed by atoms with van der Waals surface area (Å²) < 4.78 is 0. The number of hydrogen-bond acceptors (Lipinski definition) is 1. The van der Waals surface area contributed by atoms with Crippen LogP contribution in [0.3, 0.4) is 0 Å². The average molecular weight is 268 g/mol. The van der Waals surface area contributed by atoms with Crippen molar-refractivity contribution >= 4 is 0 Å². The molecule has 0 radical (unpaired) electrons. The maximum Gasteiger partial charge on any atom is -0.00165 e. The van der Waals surface area contributed by atoms with Gasteiger partial charge < -0.3 is 4.90 Å². The van der Waals surface area contributed by atoms with E-state index in [1.54, 1.807) is 0 Å². The smallest absolute Gasteiger partial charge is 0.00165 e. The van der Waals surface area contributed by atoms with E-state index in [0.717, 1.165) is 11.8 Å². The van der Waals surface area contributed by atoms with Gasteiger partial charge in [0.1, 0.15) is 0 Å². The van der Waals surface area contributed by atoms with E-state index < -0.39 is 0 Å². The molecule has 0 aromatic rings. The minimum Gasteiger partial charge on any atom is -0.307 e. The molecule has 0 heterocycles. The maximum absolute atomic E-state index is 2.60. The van der Waals surface area contributed by atoms with Crippen molar-refractivity contribution in [1.82, 2.24) is 4.90 Å². The van der Waals surface area contributed by atoms with Crippen LogP contribution in [0, 0.1) is 17.3 Å². The molecule has 0 amide bonds. The predicted octanol–water partition coefficient (Wildman–Crippen LogP) is 5.35. The zero-order chi connectivity index (χ0) is 14.3. The van der Waals surface area contributed by atoms with Gasteiger partial charge in [-0.15, -0.1) is 0 Å². The average Bonchev–Trinajstić information content (AvgIpc) is 2.45. The summed E-state index contributed by atoms with van der Waals surface area (Å²) in [6, 6.07) is 0. The lowest BCUT2D eigenvalue weighted by Crippen LogP contribution is -2.38. The van der Waals surface area contributed by atoms with Gasteiger partial charge in [-0.3, -0.25) is 0 Å². The second-order valence-corrected chi connectivity index (χ2v) is 7.18. The second-order valence-electron chi connectivity index (χ2n) is 7.18. The van der Waals surface area contributed by atoms with Gasteiger partial charge in [-0.2, -0.15) is 0 Å². The Bertz CT molecular complexity index is 232. The third kappa shape index (κ3) is 4.77. The second kappa shape index (κ2) is 8.29. The van der Waals surface area contributed by atoms with Gasteiger partial charge in [-0.05, 0) is 56.7 Å². The Morgan fingerprint density at radius 2 is 1.79 bits per heavy atom. The summed E-state index contributed by atoms with van der Waals surface area (Å²) in [4.78, 5) is 2.49. The summed E-state index contributed by atoms with van der Waals surface area (Å²) in [5.41, 5.74) is 0.569. The van der Waals surface area contributed by atoms with E-state index >= 15 is 0 Å². The van der Waals surface area contributed by atoms with Crippen LogP contribution in [-0.4, -0.2) is 25.0 Å². The van der Waals surface area contributed by atoms with Crippen molar-refractivity contribution in [2.45, 2.75) is 79.1 Å². The summed E-state index contributed by atoms with van der Waals surface area (Å²) in [5, 5.41) is 0. The topological polar surface area (TPSA) is 3.24 Å². The fourth-order valence-electron chi connectivity index (χ4n) is 3.97. The van der Waals surface area contributed by atoms with Gasteiger partial charge in [0.25, 0.3) is 0 Å². The first-order valence-electron chi connectivity index (χ1n) is 8.73. The van der Waals surface area contributed by atoms with Gasteiger partial charge in [0.05, 0.1) is 0 Å². The first kappa shape index (κ1) is 17.0. The van der Waals surface area contributed by atoms with Crippen LogP contribution in [-0.2, 0) is 0 Å². The molecular weight excluding hydrogens is 230 g/mol. The Balaban J connectivity index is 2.69. The zero-order valence-corrected chi connectivity index (χ0v) is 14.2. The zero-order valence-electron chi connectivity index (χ0n) is 14.2. The van der Waals surface area contributed by atoms with Gasteiger partial charge in [-0.1, -0.05) is 59.8 Å². The molecule has 1 fully saturated rings. The van der Waals surface area contributed by atoms with E-state index in [-0.39, 0.29) is 0 Å². The number of nitrogens with zero attached hydrogens (tertiary/aromatic N) is 1. The van der Waals surface area contributed by atoms with E-state index in [9.17, 15) is 0 Å². The van der Waals surface area contributed by atoms with Crippen LogP contribution in [0.1, 0.15) is 79.1 Å². The Morgan fingerprint density at radius 3 is 2.32 bits per heavy atom. The van der Waals surface area contributed by atoms with E-state index in [0.29, 0.717) is 5.41 Å². The van der Waals surface area contributed by atoms with E-state index in [2.05, 4.69) is 39.6 Å². The molecule has 1 rings (SSSR count). The van der Waals surface area contributed by atoms with Gasteiger partial charge in [-0.25, -0.2) is 0 Å². The van der Waals surface area contributed by atoms with Crippen LogP contribution in [0.4, 0.5) is 0 Å². The molecule has 1 saturated carbocycles. The van der Waals surface area contributed by atoms with E-state index in [1.807, 2.05) is 0 Å². The van der Waals surface area contributed by atoms with Crippen LogP contribution in [0.25, 0.3) is 0 Å². The van der Waals surface area contributed by atoms with Crippen LogP contribution in [0.2, 0.25) is 0 Å². The highest BCUT2D eigenvalue weighted by Crippen LogP contribution is 2.47. The maximum atomic E-state index is 2.60. The molecule has 1 aliphatic rings. The molecule has 0 N–H and O–H groups in total. The Kier molecular flexibility index (Phi) is 7.42. The fourth-order valence-corrected chi connectivity index (χ4v) is 3.97. The van der Waals surface area contributed by atoms with Crippen molar-refractivity contribution in [2.24, 2.45) is 17.3 Å². The molecule has 114 valence electrons. The van der Waals surface area contributed by atoms with Gasteiger partial charge in [0.2, 0.25) is 0 Å². The Hall–Kier alpha value is -0.0400. The lowest BCUT2D eigenvalue weighted by Gasteiger charge is -2.45. The monoisotopic (exact) mass is 267 g/mol. The normalized spacial score (nSPS) is 22.4. The first-order valence-corrected chi connectivity index (χ1v) is 8.73. The summed E-state index contributed by atoms with van der Waals surface area (Å²) in [6.45, 7) is 12.2. The SMILES string of the molecule is CCCC(C)C(C)(CCN(C)CC)C1CCCCC1. The van der Waals surface area contributed by atoms with Crippen molar-refractivity contribution in [2.75, 3.05) is 20.1 Å². The third-order valence-electron chi connectivity index (χ3n) is 5.96. The Labute approximate surface area is 122 Å². The summed E-state index contributed by atoms with van der Waals surface area (Å²) in [6.07, 6.45) is 11.5. The minimum absolute atomic E-state index is 0.569. The quantitative estimate of drug-likeness (QED) is 0.573. The number of hydrogen-bond donors (Lipinski definition) is 0. The molecule has 1 aliphatic carbocycles. The van der Waals surface area contributed by atoms with Crippen LogP contribution in [0.5, 0.6) is 0 Å². The highest BCUT2D eigenvalue weighted by Gasteiger charge is 2.38. The molecule has 19 heavy (non-hydrogen) atoms. The first-order chi connectivity index (χ1) is 9.04. The minimum atomic E-state index is 0.569. The molecule has 2 atom stereocenters. The molecule has 1 nitrogen and oxygen atoms in total. The highest BCUT2D eigenvalue weighted by atomic mass is 15.1. The number of rotatable bonds is 8. The standard InChI is InChI=1S/C18H37N/c1-6-11-16(3)18(4,14-15-19(5)7-2)17-12-9-8-10-13-17/h16-17H,6-15H2,1-5H3. The molecule has 0 saturated heterocycles. The van der Waals surface area contributed by atoms with E-state index in [4.69, 9.17) is 0 Å². The van der Waals surface area contributed by atoms with Crippen molar-refractivity contribution in [3.05, 3.63) is 0 Å². The predicted molar refractivity (Wildman–Crippen MR) is 86.5 cm³/mol. The lowest BCUT2D eigenvalue weighted by molar-refractivity contribution is 0.0471. The van der Waals surface area contributed by atoms with Crippen molar-refractivity contribution < 1.29 is 0 Å². The summed E-state index contributed by atoms with van der Waals surface area (Å²) in [7, 11) is 2.27. The van der Waals surface area contributed by atoms with Crippen LogP contribution in [0.15, 0.2) is 0 Å². The van der Waals surface area contributed by atoms with Gasteiger partial charge in [0, 0.05) is 0 Å². The third-order valence-corrected chi connectivity index (χ3v) is 5.96. The van der Waals surface area contributed by atoms with Crippen LogP contribution >= 0.6 is 0 Å². The Morgan fingerprint density at radius 1 is 1.16 bits per heavy atom. The molecule has 0 aromatic heterocycles. The van der Waals surface area contributed by atoms with Gasteiger partial charge >= 0.3 is 0 Å². The fraction of sp³-hybridized carbons (Fsp3) is 1.00. The molecular formula is C18H37N.